The van der Waals surface area contributed by atoms with Crippen molar-refractivity contribution in [3.05, 3.63) is 36.5 Å². The number of hydrogen-bond donors (Lipinski definition) is 6. The van der Waals surface area contributed by atoms with Crippen LogP contribution in [0.1, 0.15) is 316 Å². The zero-order chi connectivity index (χ0) is 53.6. The second kappa shape index (κ2) is 54.8. The Morgan fingerprint density at radius 3 is 1.14 bits per heavy atom. The molecule has 74 heavy (non-hydrogen) atoms. The van der Waals surface area contributed by atoms with E-state index in [-0.39, 0.29) is 12.5 Å². The number of aliphatic hydroxyl groups excluding tert-OH is 5. The first-order chi connectivity index (χ1) is 36.3. The Hall–Kier alpha value is -1.59. The minimum absolute atomic E-state index is 0.184. The highest BCUT2D eigenvalue weighted by atomic mass is 16.7. The molecule has 436 valence electrons. The van der Waals surface area contributed by atoms with E-state index in [0.717, 1.165) is 44.9 Å². The quantitative estimate of drug-likeness (QED) is 0.0261. The van der Waals surface area contributed by atoms with Crippen LogP contribution in [-0.2, 0) is 14.3 Å². The van der Waals surface area contributed by atoms with E-state index >= 15 is 0 Å². The number of carbonyl (C=O) groups is 1. The molecule has 9 nitrogen and oxygen atoms in total. The smallest absolute Gasteiger partial charge is 0.220 e. The second-order valence-corrected chi connectivity index (χ2v) is 22.5. The van der Waals surface area contributed by atoms with Crippen molar-refractivity contribution in [2.45, 2.75) is 358 Å². The van der Waals surface area contributed by atoms with E-state index in [0.29, 0.717) is 6.42 Å². The molecule has 0 saturated carbocycles. The van der Waals surface area contributed by atoms with Gasteiger partial charge in [-0.2, -0.15) is 0 Å². The van der Waals surface area contributed by atoms with Gasteiger partial charge in [0.25, 0.3) is 0 Å². The molecule has 0 aromatic rings. The van der Waals surface area contributed by atoms with Gasteiger partial charge in [0, 0.05) is 6.42 Å². The van der Waals surface area contributed by atoms with Gasteiger partial charge in [-0.3, -0.25) is 4.79 Å². The summed E-state index contributed by atoms with van der Waals surface area (Å²) in [6, 6.07) is -0.827. The Kier molecular flexibility index (Phi) is 52.1. The Labute approximate surface area is 457 Å². The molecule has 0 aromatic carbocycles. The van der Waals surface area contributed by atoms with Gasteiger partial charge in [0.2, 0.25) is 5.91 Å². The van der Waals surface area contributed by atoms with Crippen molar-refractivity contribution < 1.29 is 39.8 Å². The van der Waals surface area contributed by atoms with Crippen LogP contribution in [0.3, 0.4) is 0 Å². The average Bonchev–Trinajstić information content (AvgIpc) is 3.40. The molecule has 0 spiro atoms. The second-order valence-electron chi connectivity index (χ2n) is 22.5. The van der Waals surface area contributed by atoms with Crippen molar-refractivity contribution in [2.24, 2.45) is 0 Å². The Morgan fingerprint density at radius 2 is 0.770 bits per heavy atom. The highest BCUT2D eigenvalue weighted by Gasteiger charge is 2.44. The number of aliphatic hydroxyl groups is 5. The third-order valence-corrected chi connectivity index (χ3v) is 15.4. The number of unbranched alkanes of at least 4 members (excludes halogenated alkanes) is 42. The van der Waals surface area contributed by atoms with Gasteiger partial charge in [-0.15, -0.1) is 0 Å². The fourth-order valence-corrected chi connectivity index (χ4v) is 10.4. The largest absolute Gasteiger partial charge is 0.394 e. The Morgan fingerprint density at radius 1 is 0.446 bits per heavy atom. The van der Waals surface area contributed by atoms with Crippen LogP contribution in [0.25, 0.3) is 0 Å². The van der Waals surface area contributed by atoms with Gasteiger partial charge in [0.1, 0.15) is 24.4 Å². The topological polar surface area (TPSA) is 149 Å². The third-order valence-electron chi connectivity index (χ3n) is 15.4. The molecule has 9 heteroatoms. The fourth-order valence-electron chi connectivity index (χ4n) is 10.4. The number of ether oxygens (including phenoxy) is 2. The summed E-state index contributed by atoms with van der Waals surface area (Å²) in [6.45, 7) is 3.80. The number of rotatable bonds is 56. The van der Waals surface area contributed by atoms with E-state index in [1.165, 1.54) is 250 Å². The number of allylic oxidation sites excluding steroid dienone is 5. The SMILES string of the molecule is CCCCCCCCCCCCCCC/C=C/CC/C=C/CC/C=C/C(O)C(COC1OC(CO)C(O)C(O)C1O)NC(=O)CCCCCCCCCCCCCCCCCCCCCCCCCCCCCC. The van der Waals surface area contributed by atoms with E-state index in [1.807, 2.05) is 6.08 Å². The number of nitrogens with one attached hydrogen (secondary N) is 1. The zero-order valence-electron chi connectivity index (χ0n) is 48.6. The van der Waals surface area contributed by atoms with Crippen LogP contribution < -0.4 is 5.32 Å². The van der Waals surface area contributed by atoms with Gasteiger partial charge in [0.15, 0.2) is 6.29 Å². The minimum Gasteiger partial charge on any atom is -0.394 e. The Bertz CT molecular complexity index is 1260. The molecule has 7 atom stereocenters. The van der Waals surface area contributed by atoms with Crippen LogP contribution in [0.15, 0.2) is 36.5 Å². The van der Waals surface area contributed by atoms with Crippen molar-refractivity contribution in [2.75, 3.05) is 13.2 Å². The highest BCUT2D eigenvalue weighted by Crippen LogP contribution is 2.23. The molecule has 1 saturated heterocycles. The van der Waals surface area contributed by atoms with Crippen LogP contribution in [0.4, 0.5) is 0 Å². The molecule has 1 aliphatic heterocycles. The first-order valence-electron chi connectivity index (χ1n) is 32.2. The lowest BCUT2D eigenvalue weighted by Crippen LogP contribution is -2.60. The predicted octanol–water partition coefficient (Wildman–Crippen LogP) is 16.7. The molecule has 0 aromatic heterocycles. The van der Waals surface area contributed by atoms with Gasteiger partial charge in [-0.1, -0.05) is 301 Å². The summed E-state index contributed by atoms with van der Waals surface area (Å²) in [7, 11) is 0. The molecular formula is C65H123NO8. The zero-order valence-corrected chi connectivity index (χ0v) is 48.6. The Balaban J connectivity index is 2.19. The predicted molar refractivity (Wildman–Crippen MR) is 313 cm³/mol. The molecule has 6 N–H and O–H groups in total. The van der Waals surface area contributed by atoms with Crippen LogP contribution >= 0.6 is 0 Å². The first-order valence-corrected chi connectivity index (χ1v) is 32.2. The van der Waals surface area contributed by atoms with E-state index in [9.17, 15) is 30.3 Å². The summed E-state index contributed by atoms with van der Waals surface area (Å²) in [6.07, 6.45) is 65.2. The van der Waals surface area contributed by atoms with E-state index in [4.69, 9.17) is 9.47 Å². The van der Waals surface area contributed by atoms with Crippen LogP contribution in [0, 0.1) is 0 Å². The summed E-state index contributed by atoms with van der Waals surface area (Å²) in [4.78, 5) is 13.1. The summed E-state index contributed by atoms with van der Waals surface area (Å²) < 4.78 is 11.3. The summed E-state index contributed by atoms with van der Waals surface area (Å²) in [5, 5.41) is 54.6. The van der Waals surface area contributed by atoms with E-state index in [1.54, 1.807) is 6.08 Å². The van der Waals surface area contributed by atoms with Crippen molar-refractivity contribution in [3.63, 3.8) is 0 Å². The highest BCUT2D eigenvalue weighted by molar-refractivity contribution is 5.76. The minimum atomic E-state index is -1.57. The lowest BCUT2D eigenvalue weighted by atomic mass is 9.99. The van der Waals surface area contributed by atoms with Crippen molar-refractivity contribution in [1.29, 1.82) is 0 Å². The van der Waals surface area contributed by atoms with Crippen LogP contribution in [0.5, 0.6) is 0 Å². The number of carbonyl (C=O) groups excluding carboxylic acids is 1. The summed E-state index contributed by atoms with van der Waals surface area (Å²) in [5.74, 6) is -0.184. The molecule has 1 fully saturated rings. The van der Waals surface area contributed by atoms with Gasteiger partial charge in [0.05, 0.1) is 25.4 Å². The lowest BCUT2D eigenvalue weighted by Gasteiger charge is -2.40. The maximum Gasteiger partial charge on any atom is 0.220 e. The molecule has 7 unspecified atom stereocenters. The average molecular weight is 1050 g/mol. The summed E-state index contributed by atoms with van der Waals surface area (Å²) in [5.41, 5.74) is 0. The molecular weight excluding hydrogens is 923 g/mol. The standard InChI is InChI=1S/C65H123NO8/c1-3-5-7-9-11-13-15-17-19-21-23-25-27-28-29-30-31-33-35-37-39-41-43-45-47-49-51-53-55-61(69)66-58(57-73-65-64(72)63(71)62(70)60(56-67)74-65)59(68)54-52-50-48-46-44-42-40-38-36-34-32-26-24-22-20-18-16-14-12-10-8-6-4-2/h36,38,44,46,52,54,58-60,62-65,67-68,70-72H,3-35,37,39-43,45,47-51,53,55-57H2,1-2H3,(H,66,69)/b38-36+,46-44+,54-52+. The third kappa shape index (κ3) is 43.4. The lowest BCUT2D eigenvalue weighted by molar-refractivity contribution is -0.302. The van der Waals surface area contributed by atoms with Crippen LogP contribution in [0.2, 0.25) is 0 Å². The molecule has 1 rings (SSSR count). The molecule has 0 radical (unpaired) electrons. The maximum atomic E-state index is 13.1. The first kappa shape index (κ1) is 70.4. The van der Waals surface area contributed by atoms with Crippen LogP contribution in [-0.4, -0.2) is 87.5 Å². The van der Waals surface area contributed by atoms with Crippen molar-refractivity contribution >= 4 is 5.91 Å². The van der Waals surface area contributed by atoms with Gasteiger partial charge in [-0.05, 0) is 44.9 Å². The van der Waals surface area contributed by atoms with Gasteiger partial charge >= 0.3 is 0 Å². The van der Waals surface area contributed by atoms with Gasteiger partial charge in [-0.25, -0.2) is 0 Å². The van der Waals surface area contributed by atoms with Crippen molar-refractivity contribution in [1.82, 2.24) is 5.32 Å². The fraction of sp³-hybridized carbons (Fsp3) is 0.892. The molecule has 0 bridgehead atoms. The maximum absolute atomic E-state index is 13.1. The molecule has 1 heterocycles. The van der Waals surface area contributed by atoms with Crippen molar-refractivity contribution in [3.8, 4) is 0 Å². The molecule has 0 aliphatic carbocycles. The monoisotopic (exact) mass is 1050 g/mol. The summed E-state index contributed by atoms with van der Waals surface area (Å²) >= 11 is 0. The molecule has 1 aliphatic rings. The number of amides is 1. The molecule has 1 amide bonds. The van der Waals surface area contributed by atoms with Gasteiger partial charge < -0.3 is 40.3 Å². The van der Waals surface area contributed by atoms with E-state index in [2.05, 4.69) is 43.5 Å². The normalized spacial score (nSPS) is 19.1. The van der Waals surface area contributed by atoms with E-state index < -0.39 is 49.5 Å². The number of hydrogen-bond acceptors (Lipinski definition) is 8.